The van der Waals surface area contributed by atoms with Gasteiger partial charge in [-0.1, -0.05) is 42.5 Å². The molecule has 1 aliphatic carbocycles. The monoisotopic (exact) mass is 294 g/mol. The number of thioether (sulfide) groups is 1. The lowest BCUT2D eigenvalue weighted by molar-refractivity contribution is -0.121. The highest BCUT2D eigenvalue weighted by Gasteiger charge is 2.42. The summed E-state index contributed by atoms with van der Waals surface area (Å²) in [6, 6.07) is 9.44. The zero-order valence-electron chi connectivity index (χ0n) is 10.9. The highest BCUT2D eigenvalue weighted by Crippen LogP contribution is 2.46. The second-order valence-corrected chi connectivity index (χ2v) is 6.60. The summed E-state index contributed by atoms with van der Waals surface area (Å²) >= 11 is 6.86. The first kappa shape index (κ1) is 14.3. The van der Waals surface area contributed by atoms with Crippen LogP contribution in [0.5, 0.6) is 0 Å². The molecular weight excluding hydrogens is 276 g/mol. The second-order valence-electron chi connectivity index (χ2n) is 4.85. The van der Waals surface area contributed by atoms with E-state index in [0.29, 0.717) is 6.54 Å². The normalized spacial score (nSPS) is 17.5. The van der Waals surface area contributed by atoms with E-state index in [2.05, 4.69) is 11.6 Å². The molecule has 1 fully saturated rings. The highest BCUT2D eigenvalue weighted by atomic mass is 32.2. The Morgan fingerprint density at radius 3 is 2.58 bits per heavy atom. The van der Waals surface area contributed by atoms with Crippen LogP contribution in [0, 0.1) is 0 Å². The van der Waals surface area contributed by atoms with Gasteiger partial charge in [-0.25, -0.2) is 0 Å². The third-order valence-electron chi connectivity index (χ3n) is 3.51. The van der Waals surface area contributed by atoms with Gasteiger partial charge in [0.25, 0.3) is 0 Å². The Labute approximate surface area is 123 Å². The molecule has 3 N–H and O–H groups in total. The lowest BCUT2D eigenvalue weighted by atomic mass is 9.98. The van der Waals surface area contributed by atoms with Gasteiger partial charge in [-0.15, -0.1) is 0 Å². The third kappa shape index (κ3) is 3.48. The summed E-state index contributed by atoms with van der Waals surface area (Å²) < 4.78 is 0.243. The summed E-state index contributed by atoms with van der Waals surface area (Å²) in [7, 11) is 0. The number of thiocarbonyl (C=S) groups is 1. The van der Waals surface area contributed by atoms with Gasteiger partial charge >= 0.3 is 0 Å². The molecule has 19 heavy (non-hydrogen) atoms. The van der Waals surface area contributed by atoms with E-state index in [1.807, 2.05) is 42.1 Å². The van der Waals surface area contributed by atoms with Crippen LogP contribution in [-0.2, 0) is 4.79 Å². The summed E-state index contributed by atoms with van der Waals surface area (Å²) in [4.78, 5) is 12.5. The molecule has 1 amide bonds. The molecular formula is C14H18N2OS2. The summed E-state index contributed by atoms with van der Waals surface area (Å²) in [5, 5.41) is 2.99. The van der Waals surface area contributed by atoms with Gasteiger partial charge in [-0.3, -0.25) is 4.79 Å². The van der Waals surface area contributed by atoms with E-state index in [4.69, 9.17) is 18.0 Å². The molecule has 1 aliphatic rings. The molecule has 5 heteroatoms. The van der Waals surface area contributed by atoms with Gasteiger partial charge in [-0.2, -0.15) is 11.8 Å². The number of benzene rings is 1. The molecule has 3 nitrogen and oxygen atoms in total. The Hall–Kier alpha value is -1.07. The van der Waals surface area contributed by atoms with Crippen LogP contribution < -0.4 is 11.1 Å². The van der Waals surface area contributed by atoms with Crippen molar-refractivity contribution in [2.45, 2.75) is 23.5 Å². The maximum atomic E-state index is 12.3. The molecule has 0 radical (unpaired) electrons. The molecule has 1 saturated carbocycles. The van der Waals surface area contributed by atoms with Gasteiger partial charge in [0, 0.05) is 11.3 Å². The van der Waals surface area contributed by atoms with E-state index in [-0.39, 0.29) is 15.6 Å². The van der Waals surface area contributed by atoms with Crippen molar-refractivity contribution in [3.63, 3.8) is 0 Å². The van der Waals surface area contributed by atoms with Crippen molar-refractivity contribution in [1.29, 1.82) is 0 Å². The first-order valence-corrected chi connectivity index (χ1v) is 7.88. The minimum Gasteiger partial charge on any atom is -0.392 e. The molecule has 0 aromatic heterocycles. The molecule has 1 aromatic rings. The summed E-state index contributed by atoms with van der Waals surface area (Å²) in [6.45, 7) is 0.693. The van der Waals surface area contributed by atoms with Gasteiger partial charge in [0.15, 0.2) is 0 Å². The van der Waals surface area contributed by atoms with E-state index < -0.39 is 5.92 Å². The molecule has 1 aromatic carbocycles. The standard InChI is InChI=1S/C14H18N2OS2/c1-19-14(7-8-14)9-16-13(17)11(12(15)18)10-5-3-2-4-6-10/h2-6,11H,7-9H2,1H3,(H2,15,18)(H,16,17). The predicted molar refractivity (Wildman–Crippen MR) is 84.5 cm³/mol. The average Bonchev–Trinajstić information content (AvgIpc) is 3.18. The maximum Gasteiger partial charge on any atom is 0.234 e. The Bertz CT molecular complexity index is 472. The number of amides is 1. The molecule has 0 bridgehead atoms. The molecule has 0 heterocycles. The van der Waals surface area contributed by atoms with Crippen molar-refractivity contribution in [2.75, 3.05) is 12.8 Å². The lowest BCUT2D eigenvalue weighted by Gasteiger charge is -2.18. The fourth-order valence-electron chi connectivity index (χ4n) is 2.03. The predicted octanol–water partition coefficient (Wildman–Crippen LogP) is 2.07. The van der Waals surface area contributed by atoms with E-state index in [1.54, 1.807) is 0 Å². The number of carbonyl (C=O) groups is 1. The summed E-state index contributed by atoms with van der Waals surface area (Å²) in [6.07, 6.45) is 4.41. The number of nitrogens with one attached hydrogen (secondary N) is 1. The minimum absolute atomic E-state index is 0.0981. The van der Waals surface area contributed by atoms with Crippen molar-refractivity contribution < 1.29 is 4.79 Å². The quantitative estimate of drug-likeness (QED) is 0.789. The number of nitrogens with two attached hydrogens (primary N) is 1. The average molecular weight is 294 g/mol. The molecule has 2 rings (SSSR count). The molecule has 0 saturated heterocycles. The van der Waals surface area contributed by atoms with Gasteiger partial charge in [0.05, 0.1) is 4.99 Å². The van der Waals surface area contributed by atoms with Crippen LogP contribution in [0.4, 0.5) is 0 Å². The Morgan fingerprint density at radius 1 is 1.47 bits per heavy atom. The fourth-order valence-corrected chi connectivity index (χ4v) is 3.00. The zero-order valence-corrected chi connectivity index (χ0v) is 12.5. The molecule has 0 spiro atoms. The van der Waals surface area contributed by atoms with E-state index in [1.165, 1.54) is 0 Å². The Kier molecular flexibility index (Phi) is 4.47. The smallest absolute Gasteiger partial charge is 0.234 e. The van der Waals surface area contributed by atoms with Crippen LogP contribution in [0.1, 0.15) is 24.3 Å². The number of hydrogen-bond donors (Lipinski definition) is 2. The van der Waals surface area contributed by atoms with Crippen LogP contribution in [0.15, 0.2) is 30.3 Å². The number of rotatable bonds is 6. The zero-order chi connectivity index (χ0) is 13.9. The first-order valence-electron chi connectivity index (χ1n) is 6.25. The van der Waals surface area contributed by atoms with Crippen molar-refractivity contribution >= 4 is 34.9 Å². The van der Waals surface area contributed by atoms with Crippen LogP contribution >= 0.6 is 24.0 Å². The van der Waals surface area contributed by atoms with Crippen molar-refractivity contribution in [2.24, 2.45) is 5.73 Å². The Morgan fingerprint density at radius 2 is 2.11 bits per heavy atom. The first-order chi connectivity index (χ1) is 9.08. The van der Waals surface area contributed by atoms with Gasteiger partial charge in [0.1, 0.15) is 5.92 Å². The molecule has 1 unspecified atom stereocenters. The molecule has 102 valence electrons. The van der Waals surface area contributed by atoms with Crippen LogP contribution in [0.3, 0.4) is 0 Å². The van der Waals surface area contributed by atoms with Gasteiger partial charge in [-0.05, 0) is 24.7 Å². The van der Waals surface area contributed by atoms with E-state index in [9.17, 15) is 4.79 Å². The summed E-state index contributed by atoms with van der Waals surface area (Å²) in [5.74, 6) is -0.632. The van der Waals surface area contributed by atoms with Crippen LogP contribution in [0.2, 0.25) is 0 Å². The Balaban J connectivity index is 2.03. The van der Waals surface area contributed by atoms with Gasteiger partial charge < -0.3 is 11.1 Å². The second kappa shape index (κ2) is 5.92. The number of carbonyl (C=O) groups excluding carboxylic acids is 1. The highest BCUT2D eigenvalue weighted by molar-refractivity contribution is 8.00. The number of hydrogen-bond acceptors (Lipinski definition) is 3. The van der Waals surface area contributed by atoms with Crippen LogP contribution in [0.25, 0.3) is 0 Å². The van der Waals surface area contributed by atoms with Crippen molar-refractivity contribution in [3.8, 4) is 0 Å². The fraction of sp³-hybridized carbons (Fsp3) is 0.429. The molecule has 1 atom stereocenters. The van der Waals surface area contributed by atoms with Gasteiger partial charge in [0.2, 0.25) is 5.91 Å². The van der Waals surface area contributed by atoms with E-state index in [0.717, 1.165) is 18.4 Å². The minimum atomic E-state index is -0.533. The topological polar surface area (TPSA) is 55.1 Å². The third-order valence-corrected chi connectivity index (χ3v) is 5.16. The van der Waals surface area contributed by atoms with Crippen LogP contribution in [-0.4, -0.2) is 28.4 Å². The maximum absolute atomic E-state index is 12.3. The largest absolute Gasteiger partial charge is 0.392 e. The summed E-state index contributed by atoms with van der Waals surface area (Å²) in [5.41, 5.74) is 6.57. The van der Waals surface area contributed by atoms with Crippen molar-refractivity contribution in [3.05, 3.63) is 35.9 Å². The van der Waals surface area contributed by atoms with E-state index >= 15 is 0 Å². The molecule has 0 aliphatic heterocycles. The van der Waals surface area contributed by atoms with Crippen molar-refractivity contribution in [1.82, 2.24) is 5.32 Å². The SMILES string of the molecule is CSC1(CNC(=O)C(C(N)=S)c2ccccc2)CC1. The lowest BCUT2D eigenvalue weighted by Crippen LogP contribution is -2.39.